The van der Waals surface area contributed by atoms with Crippen LogP contribution in [0.3, 0.4) is 0 Å². The van der Waals surface area contributed by atoms with E-state index in [1.165, 1.54) is 0 Å². The fourth-order valence-corrected chi connectivity index (χ4v) is 1.06. The molecule has 1 aliphatic rings. The lowest BCUT2D eigenvalue weighted by molar-refractivity contribution is -0.120. The van der Waals surface area contributed by atoms with E-state index in [9.17, 15) is 4.79 Å². The van der Waals surface area contributed by atoms with Crippen LogP contribution in [0.15, 0.2) is 0 Å². The van der Waals surface area contributed by atoms with E-state index in [0.717, 1.165) is 19.4 Å². The summed E-state index contributed by atoms with van der Waals surface area (Å²) in [5.41, 5.74) is 0.250. The van der Waals surface area contributed by atoms with Crippen LogP contribution in [0.25, 0.3) is 0 Å². The zero-order chi connectivity index (χ0) is 9.90. The normalized spacial score (nSPS) is 17.2. The van der Waals surface area contributed by atoms with Crippen molar-refractivity contribution in [2.24, 2.45) is 5.41 Å². The van der Waals surface area contributed by atoms with E-state index in [2.05, 4.69) is 31.4 Å². The molecule has 0 aromatic carbocycles. The molecule has 3 nitrogen and oxygen atoms in total. The van der Waals surface area contributed by atoms with Crippen LogP contribution in [0, 0.1) is 5.41 Å². The van der Waals surface area contributed by atoms with Crippen LogP contribution in [0.5, 0.6) is 0 Å². The monoisotopic (exact) mass is 184 g/mol. The minimum Gasteiger partial charge on any atom is -0.352 e. The summed E-state index contributed by atoms with van der Waals surface area (Å²) in [7, 11) is 0. The van der Waals surface area contributed by atoms with Crippen LogP contribution in [0.4, 0.5) is 0 Å². The minimum atomic E-state index is 0.131. The van der Waals surface area contributed by atoms with Gasteiger partial charge in [0.05, 0.1) is 6.54 Å². The number of nitrogens with one attached hydrogen (secondary N) is 2. The van der Waals surface area contributed by atoms with Crippen LogP contribution in [-0.2, 0) is 4.79 Å². The van der Waals surface area contributed by atoms with E-state index < -0.39 is 0 Å². The van der Waals surface area contributed by atoms with Crippen molar-refractivity contribution in [2.75, 3.05) is 13.1 Å². The van der Waals surface area contributed by atoms with Crippen LogP contribution in [0.2, 0.25) is 0 Å². The van der Waals surface area contributed by atoms with E-state index in [4.69, 9.17) is 0 Å². The maximum Gasteiger partial charge on any atom is 0.234 e. The van der Waals surface area contributed by atoms with Crippen molar-refractivity contribution in [1.29, 1.82) is 0 Å². The molecule has 0 spiro atoms. The molecule has 0 aromatic heterocycles. The molecule has 0 aliphatic heterocycles. The highest BCUT2D eigenvalue weighted by molar-refractivity contribution is 5.78. The number of rotatable bonds is 4. The Kier molecular flexibility index (Phi) is 3.31. The van der Waals surface area contributed by atoms with Gasteiger partial charge >= 0.3 is 0 Å². The third-order valence-corrected chi connectivity index (χ3v) is 1.88. The second-order valence-corrected chi connectivity index (χ2v) is 5.01. The maximum atomic E-state index is 11.2. The summed E-state index contributed by atoms with van der Waals surface area (Å²) in [6.45, 7) is 7.79. The molecule has 2 N–H and O–H groups in total. The van der Waals surface area contributed by atoms with Gasteiger partial charge < -0.3 is 10.6 Å². The van der Waals surface area contributed by atoms with Gasteiger partial charge in [-0.1, -0.05) is 20.8 Å². The van der Waals surface area contributed by atoms with E-state index in [0.29, 0.717) is 12.6 Å². The molecule has 3 heteroatoms. The lowest BCUT2D eigenvalue weighted by Gasteiger charge is -2.18. The van der Waals surface area contributed by atoms with Crippen molar-refractivity contribution < 1.29 is 4.79 Å². The van der Waals surface area contributed by atoms with Crippen molar-refractivity contribution in [1.82, 2.24) is 10.6 Å². The first kappa shape index (κ1) is 10.5. The van der Waals surface area contributed by atoms with Crippen LogP contribution in [0.1, 0.15) is 33.6 Å². The summed E-state index contributed by atoms with van der Waals surface area (Å²) >= 11 is 0. The Bertz CT molecular complexity index is 180. The molecule has 1 aliphatic carbocycles. The SMILES string of the molecule is CC(C)(C)CNCC(=O)NC1CC1. The quantitative estimate of drug-likeness (QED) is 0.681. The Labute approximate surface area is 80.3 Å². The number of amides is 1. The van der Waals surface area contributed by atoms with Gasteiger partial charge in [0.1, 0.15) is 0 Å². The minimum absolute atomic E-state index is 0.131. The number of hydrogen-bond donors (Lipinski definition) is 2. The third kappa shape index (κ3) is 5.64. The fraction of sp³-hybridized carbons (Fsp3) is 0.900. The standard InChI is InChI=1S/C10H20N2O/c1-10(2,3)7-11-6-9(13)12-8-4-5-8/h8,11H,4-7H2,1-3H3,(H,12,13). The van der Waals surface area contributed by atoms with Crippen molar-refractivity contribution in [3.63, 3.8) is 0 Å². The predicted molar refractivity (Wildman–Crippen MR) is 53.5 cm³/mol. The summed E-state index contributed by atoms with van der Waals surface area (Å²) < 4.78 is 0. The average Bonchev–Trinajstić information content (AvgIpc) is 2.68. The van der Waals surface area contributed by atoms with Crippen molar-refractivity contribution >= 4 is 5.91 Å². The van der Waals surface area contributed by atoms with E-state index in [1.54, 1.807) is 0 Å². The Morgan fingerprint density at radius 2 is 2.00 bits per heavy atom. The molecule has 0 saturated heterocycles. The summed E-state index contributed by atoms with van der Waals surface area (Å²) in [5.74, 6) is 0.131. The molecule has 1 amide bonds. The van der Waals surface area contributed by atoms with E-state index >= 15 is 0 Å². The lowest BCUT2D eigenvalue weighted by atomic mass is 9.97. The molecule has 1 fully saturated rings. The molecule has 13 heavy (non-hydrogen) atoms. The highest BCUT2D eigenvalue weighted by Gasteiger charge is 2.22. The van der Waals surface area contributed by atoms with Gasteiger partial charge in [-0.05, 0) is 18.3 Å². The number of carbonyl (C=O) groups excluding carboxylic acids is 1. The molecule has 0 unspecified atom stereocenters. The van der Waals surface area contributed by atoms with Crippen molar-refractivity contribution in [3.05, 3.63) is 0 Å². The first-order valence-electron chi connectivity index (χ1n) is 4.97. The first-order valence-corrected chi connectivity index (χ1v) is 4.97. The summed E-state index contributed by atoms with van der Waals surface area (Å²) in [6.07, 6.45) is 2.32. The van der Waals surface area contributed by atoms with Gasteiger partial charge in [0.15, 0.2) is 0 Å². The van der Waals surface area contributed by atoms with Crippen LogP contribution >= 0.6 is 0 Å². The Hall–Kier alpha value is -0.570. The third-order valence-electron chi connectivity index (χ3n) is 1.88. The largest absolute Gasteiger partial charge is 0.352 e. The highest BCUT2D eigenvalue weighted by atomic mass is 16.2. The first-order chi connectivity index (χ1) is 5.97. The molecular weight excluding hydrogens is 164 g/mol. The zero-order valence-corrected chi connectivity index (χ0v) is 8.81. The Morgan fingerprint density at radius 1 is 1.38 bits per heavy atom. The van der Waals surface area contributed by atoms with Gasteiger partial charge in [-0.25, -0.2) is 0 Å². The van der Waals surface area contributed by atoms with Gasteiger partial charge in [-0.15, -0.1) is 0 Å². The molecule has 0 heterocycles. The smallest absolute Gasteiger partial charge is 0.234 e. The zero-order valence-electron chi connectivity index (χ0n) is 8.81. The van der Waals surface area contributed by atoms with Crippen molar-refractivity contribution in [2.45, 2.75) is 39.7 Å². The summed E-state index contributed by atoms with van der Waals surface area (Å²) in [4.78, 5) is 11.2. The van der Waals surface area contributed by atoms with Gasteiger partial charge in [-0.3, -0.25) is 4.79 Å². The lowest BCUT2D eigenvalue weighted by Crippen LogP contribution is -2.38. The predicted octanol–water partition coefficient (Wildman–Crippen LogP) is 0.901. The molecule has 1 rings (SSSR count). The molecule has 0 aromatic rings. The second kappa shape index (κ2) is 4.09. The Morgan fingerprint density at radius 3 is 2.46 bits per heavy atom. The van der Waals surface area contributed by atoms with Gasteiger partial charge in [-0.2, -0.15) is 0 Å². The molecule has 76 valence electrons. The summed E-state index contributed by atoms with van der Waals surface area (Å²) in [5, 5.41) is 6.08. The van der Waals surface area contributed by atoms with Gasteiger partial charge in [0.2, 0.25) is 5.91 Å². The molecule has 1 saturated carbocycles. The van der Waals surface area contributed by atoms with Gasteiger partial charge in [0.25, 0.3) is 0 Å². The number of hydrogen-bond acceptors (Lipinski definition) is 2. The van der Waals surface area contributed by atoms with E-state index in [1.807, 2.05) is 0 Å². The topological polar surface area (TPSA) is 41.1 Å². The highest BCUT2D eigenvalue weighted by Crippen LogP contribution is 2.18. The van der Waals surface area contributed by atoms with Gasteiger partial charge in [0, 0.05) is 12.6 Å². The maximum absolute atomic E-state index is 11.2. The second-order valence-electron chi connectivity index (χ2n) is 5.01. The fourth-order valence-electron chi connectivity index (χ4n) is 1.06. The molecule has 0 bridgehead atoms. The van der Waals surface area contributed by atoms with Crippen molar-refractivity contribution in [3.8, 4) is 0 Å². The van der Waals surface area contributed by atoms with E-state index in [-0.39, 0.29) is 11.3 Å². The molecular formula is C10H20N2O. The number of carbonyl (C=O) groups is 1. The average molecular weight is 184 g/mol. The Balaban J connectivity index is 2.01. The summed E-state index contributed by atoms with van der Waals surface area (Å²) in [6, 6.07) is 0.476. The van der Waals surface area contributed by atoms with Crippen LogP contribution in [-0.4, -0.2) is 25.0 Å². The van der Waals surface area contributed by atoms with Crippen LogP contribution < -0.4 is 10.6 Å². The molecule has 0 radical (unpaired) electrons. The molecule has 0 atom stereocenters.